The molecule has 78 valence electrons. The van der Waals surface area contributed by atoms with Gasteiger partial charge in [-0.2, -0.15) is 0 Å². The maximum Gasteiger partial charge on any atom is 0.310 e. The van der Waals surface area contributed by atoms with Crippen molar-refractivity contribution < 1.29 is 9.90 Å². The Kier molecular flexibility index (Phi) is 5.72. The topological polar surface area (TPSA) is 50.2 Å². The Morgan fingerprint density at radius 3 is 2.86 bits per heavy atom. The SMILES string of the molecule is CC(C(=O)O)c1cccnc1CBr.Cl. The van der Waals surface area contributed by atoms with Crippen molar-refractivity contribution in [3.63, 3.8) is 0 Å². The third-order valence-electron chi connectivity index (χ3n) is 1.89. The first-order chi connectivity index (χ1) is 6.16. The van der Waals surface area contributed by atoms with E-state index in [4.69, 9.17) is 5.11 Å². The second-order valence-electron chi connectivity index (χ2n) is 2.73. The van der Waals surface area contributed by atoms with E-state index in [2.05, 4.69) is 20.9 Å². The summed E-state index contributed by atoms with van der Waals surface area (Å²) in [4.78, 5) is 14.8. The molecular formula is C9H11BrClNO2. The van der Waals surface area contributed by atoms with Crippen molar-refractivity contribution in [3.8, 4) is 0 Å². The highest BCUT2D eigenvalue weighted by Gasteiger charge is 2.16. The van der Waals surface area contributed by atoms with Crippen molar-refractivity contribution in [2.45, 2.75) is 18.2 Å². The molecule has 14 heavy (non-hydrogen) atoms. The predicted octanol–water partition coefficient (Wildman–Crippen LogP) is 2.59. The molecule has 0 aliphatic rings. The number of nitrogens with zero attached hydrogens (tertiary/aromatic N) is 1. The van der Waals surface area contributed by atoms with E-state index < -0.39 is 11.9 Å². The van der Waals surface area contributed by atoms with Gasteiger partial charge in [0.05, 0.1) is 11.6 Å². The molecule has 1 aromatic heterocycles. The molecule has 1 aromatic rings. The van der Waals surface area contributed by atoms with Gasteiger partial charge < -0.3 is 5.11 Å². The number of alkyl halides is 1. The lowest BCUT2D eigenvalue weighted by Gasteiger charge is -2.09. The van der Waals surface area contributed by atoms with E-state index in [0.717, 1.165) is 11.3 Å². The van der Waals surface area contributed by atoms with Crippen molar-refractivity contribution in [2.75, 3.05) is 0 Å². The number of carboxylic acid groups (broad SMARTS) is 1. The van der Waals surface area contributed by atoms with Gasteiger partial charge >= 0.3 is 5.97 Å². The molecule has 0 fully saturated rings. The van der Waals surface area contributed by atoms with Crippen molar-refractivity contribution in [2.24, 2.45) is 0 Å². The Bertz CT molecular complexity index is 319. The number of hydrogen-bond donors (Lipinski definition) is 1. The van der Waals surface area contributed by atoms with Crippen LogP contribution in [0.1, 0.15) is 24.1 Å². The fourth-order valence-corrected chi connectivity index (χ4v) is 1.56. The van der Waals surface area contributed by atoms with E-state index in [1.165, 1.54) is 0 Å². The summed E-state index contributed by atoms with van der Waals surface area (Å²) in [6.45, 7) is 1.66. The van der Waals surface area contributed by atoms with E-state index in [0.29, 0.717) is 5.33 Å². The molecule has 0 saturated carbocycles. The summed E-state index contributed by atoms with van der Waals surface area (Å²) >= 11 is 3.27. The Labute approximate surface area is 97.1 Å². The van der Waals surface area contributed by atoms with Crippen molar-refractivity contribution in [1.82, 2.24) is 4.98 Å². The number of carboxylic acids is 1. The van der Waals surface area contributed by atoms with Gasteiger partial charge in [0.15, 0.2) is 0 Å². The number of hydrogen-bond acceptors (Lipinski definition) is 2. The van der Waals surface area contributed by atoms with Crippen LogP contribution in [0.4, 0.5) is 0 Å². The summed E-state index contributed by atoms with van der Waals surface area (Å²) in [7, 11) is 0. The fraction of sp³-hybridized carbons (Fsp3) is 0.333. The van der Waals surface area contributed by atoms with Crippen molar-refractivity contribution in [3.05, 3.63) is 29.6 Å². The Balaban J connectivity index is 0.00000169. The summed E-state index contributed by atoms with van der Waals surface area (Å²) in [6, 6.07) is 3.54. The lowest BCUT2D eigenvalue weighted by molar-refractivity contribution is -0.138. The fourth-order valence-electron chi connectivity index (χ4n) is 1.09. The van der Waals surface area contributed by atoms with Crippen LogP contribution in [0.3, 0.4) is 0 Å². The van der Waals surface area contributed by atoms with E-state index in [-0.39, 0.29) is 12.4 Å². The molecule has 3 nitrogen and oxygen atoms in total. The van der Waals surface area contributed by atoms with Gasteiger partial charge in [-0.1, -0.05) is 22.0 Å². The van der Waals surface area contributed by atoms with Crippen molar-refractivity contribution in [1.29, 1.82) is 0 Å². The monoisotopic (exact) mass is 279 g/mol. The maximum absolute atomic E-state index is 10.7. The summed E-state index contributed by atoms with van der Waals surface area (Å²) in [5.41, 5.74) is 1.56. The minimum absolute atomic E-state index is 0. The molecule has 0 radical (unpaired) electrons. The average Bonchev–Trinajstić information content (AvgIpc) is 2.16. The number of halogens is 2. The molecule has 0 saturated heterocycles. The third-order valence-corrected chi connectivity index (χ3v) is 2.42. The summed E-state index contributed by atoms with van der Waals surface area (Å²) < 4.78 is 0. The second-order valence-corrected chi connectivity index (χ2v) is 3.29. The number of rotatable bonds is 3. The van der Waals surface area contributed by atoms with E-state index in [9.17, 15) is 4.79 Å². The zero-order chi connectivity index (χ0) is 9.84. The van der Waals surface area contributed by atoms with Crippen LogP contribution in [-0.2, 0) is 10.1 Å². The van der Waals surface area contributed by atoms with E-state index in [1.54, 1.807) is 25.3 Å². The molecule has 1 rings (SSSR count). The minimum Gasteiger partial charge on any atom is -0.481 e. The number of pyridine rings is 1. The molecule has 1 heterocycles. The highest BCUT2D eigenvalue weighted by Crippen LogP contribution is 2.19. The molecule has 0 bridgehead atoms. The average molecular weight is 281 g/mol. The smallest absolute Gasteiger partial charge is 0.310 e. The molecule has 0 spiro atoms. The molecule has 1 atom stereocenters. The number of aromatic nitrogens is 1. The van der Waals surface area contributed by atoms with E-state index >= 15 is 0 Å². The lowest BCUT2D eigenvalue weighted by atomic mass is 10.0. The Morgan fingerprint density at radius 2 is 2.36 bits per heavy atom. The van der Waals surface area contributed by atoms with Gasteiger partial charge in [-0.15, -0.1) is 12.4 Å². The molecule has 0 aliphatic heterocycles. The van der Waals surface area contributed by atoms with Crippen LogP contribution >= 0.6 is 28.3 Å². The molecule has 0 amide bonds. The first-order valence-electron chi connectivity index (χ1n) is 3.89. The second kappa shape index (κ2) is 5.98. The van der Waals surface area contributed by atoms with E-state index in [1.807, 2.05) is 0 Å². The van der Waals surface area contributed by atoms with Crippen LogP contribution in [0.5, 0.6) is 0 Å². The highest BCUT2D eigenvalue weighted by molar-refractivity contribution is 9.08. The largest absolute Gasteiger partial charge is 0.481 e. The van der Waals surface area contributed by atoms with Crippen LogP contribution in [-0.4, -0.2) is 16.1 Å². The van der Waals surface area contributed by atoms with Gasteiger partial charge in [-0.25, -0.2) is 0 Å². The van der Waals surface area contributed by atoms with Gasteiger partial charge in [-0.05, 0) is 18.6 Å². The first kappa shape index (κ1) is 13.4. The summed E-state index contributed by atoms with van der Waals surface area (Å²) in [5.74, 6) is -1.32. The van der Waals surface area contributed by atoms with Crippen LogP contribution in [0.25, 0.3) is 0 Å². The predicted molar refractivity (Wildman–Crippen MR) is 60.2 cm³/mol. The quantitative estimate of drug-likeness (QED) is 0.866. The molecule has 0 aromatic carbocycles. The Hall–Kier alpha value is -0.610. The van der Waals surface area contributed by atoms with Crippen LogP contribution in [0, 0.1) is 0 Å². The molecular weight excluding hydrogens is 269 g/mol. The molecule has 1 unspecified atom stereocenters. The molecule has 0 aliphatic carbocycles. The maximum atomic E-state index is 10.7. The molecule has 5 heteroatoms. The van der Waals surface area contributed by atoms with Crippen LogP contribution < -0.4 is 0 Å². The van der Waals surface area contributed by atoms with Crippen molar-refractivity contribution >= 4 is 34.3 Å². The zero-order valence-electron chi connectivity index (χ0n) is 7.61. The lowest BCUT2D eigenvalue weighted by Crippen LogP contribution is -2.10. The summed E-state index contributed by atoms with van der Waals surface area (Å²) in [6.07, 6.45) is 1.66. The number of carbonyl (C=O) groups is 1. The van der Waals surface area contributed by atoms with Gasteiger partial charge in [0.25, 0.3) is 0 Å². The zero-order valence-corrected chi connectivity index (χ0v) is 10.0. The van der Waals surface area contributed by atoms with Gasteiger partial charge in [-0.3, -0.25) is 9.78 Å². The first-order valence-corrected chi connectivity index (χ1v) is 5.01. The summed E-state index contributed by atoms with van der Waals surface area (Å²) in [5, 5.41) is 9.40. The van der Waals surface area contributed by atoms with Gasteiger partial charge in [0.2, 0.25) is 0 Å². The minimum atomic E-state index is -0.824. The third kappa shape index (κ3) is 2.96. The van der Waals surface area contributed by atoms with Gasteiger partial charge in [0, 0.05) is 11.5 Å². The highest BCUT2D eigenvalue weighted by atomic mass is 79.9. The molecule has 1 N–H and O–H groups in total. The normalized spacial score (nSPS) is 11.6. The van der Waals surface area contributed by atoms with Crippen LogP contribution in [0.15, 0.2) is 18.3 Å². The Morgan fingerprint density at radius 1 is 1.71 bits per heavy atom. The van der Waals surface area contributed by atoms with Gasteiger partial charge in [0.1, 0.15) is 0 Å². The van der Waals surface area contributed by atoms with Crippen LogP contribution in [0.2, 0.25) is 0 Å². The standard InChI is InChI=1S/C9H10BrNO2.ClH/c1-6(9(12)13)7-3-2-4-11-8(7)5-10;/h2-4,6H,5H2,1H3,(H,12,13);1H. The number of aliphatic carboxylic acids is 1.